The van der Waals surface area contributed by atoms with E-state index in [-0.39, 0.29) is 0 Å². The summed E-state index contributed by atoms with van der Waals surface area (Å²) in [5.41, 5.74) is 0. The first-order chi connectivity index (χ1) is 3.22. The summed E-state index contributed by atoms with van der Waals surface area (Å²) >= 11 is 0. The fourth-order valence-electron chi connectivity index (χ4n) is 0.192. The highest BCUT2D eigenvalue weighted by Gasteiger charge is 2.32. The van der Waals surface area contributed by atoms with Crippen molar-refractivity contribution >= 4 is 5.97 Å². The quantitative estimate of drug-likeness (QED) is 0.518. The van der Waals surface area contributed by atoms with Crippen LogP contribution in [-0.2, 0) is 9.53 Å². The summed E-state index contributed by atoms with van der Waals surface area (Å²) in [6.45, 7) is 0. The van der Waals surface area contributed by atoms with E-state index in [0.29, 0.717) is 0 Å². The Bertz CT molecular complexity index is 143. The highest BCUT2D eigenvalue weighted by molar-refractivity contribution is 5.87. The minimum absolute atomic E-state index is 0.569. The molecular formula is C3HFO3. The van der Waals surface area contributed by atoms with Gasteiger partial charge in [0.05, 0.1) is 0 Å². The van der Waals surface area contributed by atoms with Gasteiger partial charge in [0, 0.05) is 0 Å². The molecule has 0 aliphatic carbocycles. The van der Waals surface area contributed by atoms with E-state index < -0.39 is 17.7 Å². The molecule has 0 aromatic heterocycles. The molecular weight excluding hydrogens is 103 g/mol. The topological polar surface area (TPSA) is 49.8 Å². The van der Waals surface area contributed by atoms with Crippen LogP contribution in [-0.4, -0.2) is 11.1 Å². The lowest BCUT2D eigenvalue weighted by atomic mass is 10.6. The molecule has 4 heteroatoms. The monoisotopic (exact) mass is 104 g/mol. The number of ether oxygens (including phenoxy) is 1. The second-order valence-corrected chi connectivity index (χ2v) is 1.01. The van der Waals surface area contributed by atoms with E-state index in [9.17, 15) is 9.18 Å². The van der Waals surface area contributed by atoms with Crippen molar-refractivity contribution in [3.8, 4) is 0 Å². The normalized spacial score (nSPS) is 16.1. The van der Waals surface area contributed by atoms with Crippen molar-refractivity contribution in [3.05, 3.63) is 11.8 Å². The van der Waals surface area contributed by atoms with E-state index in [1.165, 1.54) is 0 Å². The highest BCUT2D eigenvalue weighted by Crippen LogP contribution is 2.26. The summed E-state index contributed by atoms with van der Waals surface area (Å²) in [6.07, 6.45) is 0. The Hall–Kier alpha value is -1.06. The highest BCUT2D eigenvalue weighted by atomic mass is 19.1. The third kappa shape index (κ3) is 0.534. The Kier molecular flexibility index (Phi) is 0.563. The number of carboxylic acid groups (broad SMARTS) is 1. The molecule has 0 saturated heterocycles. The van der Waals surface area contributed by atoms with Crippen molar-refractivity contribution in [1.29, 1.82) is 0 Å². The Morgan fingerprint density at radius 3 is 2.29 bits per heavy atom. The van der Waals surface area contributed by atoms with Gasteiger partial charge in [-0.05, 0) is 0 Å². The van der Waals surface area contributed by atoms with Crippen LogP contribution >= 0.6 is 0 Å². The molecule has 0 aromatic rings. The van der Waals surface area contributed by atoms with Crippen LogP contribution in [0, 0.1) is 0 Å². The maximum absolute atomic E-state index is 11.3. The summed E-state index contributed by atoms with van der Waals surface area (Å²) in [6, 6.07) is -0.979. The third-order valence-electron chi connectivity index (χ3n) is 0.523. The molecule has 1 aliphatic heterocycles. The van der Waals surface area contributed by atoms with Crippen LogP contribution in [0.4, 0.5) is 4.39 Å². The molecule has 3 nitrogen and oxygen atoms in total. The number of carbonyl (C=O) groups is 1. The maximum atomic E-state index is 11.3. The van der Waals surface area contributed by atoms with Gasteiger partial charge in [-0.25, -0.2) is 4.79 Å². The predicted molar refractivity (Wildman–Crippen MR) is 16.9 cm³/mol. The van der Waals surface area contributed by atoms with E-state index in [2.05, 4.69) is 4.74 Å². The lowest BCUT2D eigenvalue weighted by Gasteiger charge is -1.67. The smallest absolute Gasteiger partial charge is 0.378 e. The van der Waals surface area contributed by atoms with Crippen molar-refractivity contribution in [1.82, 2.24) is 0 Å². The van der Waals surface area contributed by atoms with Gasteiger partial charge in [0.2, 0.25) is 0 Å². The molecule has 0 aromatic carbocycles. The molecule has 7 heavy (non-hydrogen) atoms. The van der Waals surface area contributed by atoms with Crippen LogP contribution < -0.4 is 0 Å². The Balaban J connectivity index is 2.62. The molecule has 38 valence electrons. The number of rotatable bonds is 1. The molecule has 0 unspecified atom stereocenters. The van der Waals surface area contributed by atoms with Crippen LogP contribution in [0.1, 0.15) is 0 Å². The van der Waals surface area contributed by atoms with Crippen LogP contribution in [0.2, 0.25) is 0 Å². The van der Waals surface area contributed by atoms with Gasteiger partial charge in [0.25, 0.3) is 5.76 Å². The second kappa shape index (κ2) is 0.959. The minimum atomic E-state index is -1.35. The number of hydrogen-bond acceptors (Lipinski definition) is 2. The number of hydrogen-bond donors (Lipinski definition) is 1. The first-order valence-electron chi connectivity index (χ1n) is 1.52. The molecule has 0 atom stereocenters. The van der Waals surface area contributed by atoms with E-state index in [4.69, 9.17) is 5.11 Å². The average molecular weight is 104 g/mol. The average Bonchev–Trinajstić information content (AvgIpc) is 2.17. The van der Waals surface area contributed by atoms with Crippen molar-refractivity contribution < 1.29 is 19.0 Å². The first-order valence-corrected chi connectivity index (χ1v) is 1.52. The number of halogens is 1. The molecule has 1 rings (SSSR count). The van der Waals surface area contributed by atoms with E-state index >= 15 is 0 Å². The van der Waals surface area contributed by atoms with Gasteiger partial charge in [-0.1, -0.05) is 0 Å². The van der Waals surface area contributed by atoms with Crippen LogP contribution in [0.25, 0.3) is 0 Å². The summed E-state index contributed by atoms with van der Waals surface area (Å²) in [4.78, 5) is 9.55. The Labute approximate surface area is 38.0 Å². The van der Waals surface area contributed by atoms with Crippen molar-refractivity contribution in [3.63, 3.8) is 0 Å². The van der Waals surface area contributed by atoms with Crippen molar-refractivity contribution in [2.24, 2.45) is 0 Å². The summed E-state index contributed by atoms with van der Waals surface area (Å²) < 4.78 is 15.0. The summed E-state index contributed by atoms with van der Waals surface area (Å²) in [5, 5.41) is 7.80. The van der Waals surface area contributed by atoms with Gasteiger partial charge >= 0.3 is 12.0 Å². The van der Waals surface area contributed by atoms with Crippen LogP contribution in [0.3, 0.4) is 0 Å². The standard InChI is InChI=1S/C3HFO3/c4-2-1(7-2)3(5)6/h(H,5,6). The first kappa shape index (κ1) is 4.11. The molecule has 0 radical (unpaired) electrons. The third-order valence-corrected chi connectivity index (χ3v) is 0.523. The molecule has 0 spiro atoms. The lowest BCUT2D eigenvalue weighted by Crippen LogP contribution is -1.88. The second-order valence-electron chi connectivity index (χ2n) is 1.01. The van der Waals surface area contributed by atoms with Crippen molar-refractivity contribution in [2.45, 2.75) is 0 Å². The fraction of sp³-hybridized carbons (Fsp3) is 0. The number of aliphatic carboxylic acids is 1. The largest absolute Gasteiger partial charge is 0.475 e. The lowest BCUT2D eigenvalue weighted by molar-refractivity contribution is -0.133. The Morgan fingerprint density at radius 2 is 2.29 bits per heavy atom. The minimum Gasteiger partial charge on any atom is -0.475 e. The summed E-state index contributed by atoms with van der Waals surface area (Å²) in [7, 11) is 0. The predicted octanol–water partition coefficient (Wildman–Crippen LogP) is 0.240. The van der Waals surface area contributed by atoms with E-state index in [1.807, 2.05) is 0 Å². The molecule has 0 amide bonds. The van der Waals surface area contributed by atoms with Crippen LogP contribution in [0.15, 0.2) is 11.8 Å². The molecule has 0 saturated carbocycles. The van der Waals surface area contributed by atoms with Crippen LogP contribution in [0.5, 0.6) is 0 Å². The van der Waals surface area contributed by atoms with Gasteiger partial charge in [-0.2, -0.15) is 4.39 Å². The zero-order valence-electron chi connectivity index (χ0n) is 3.14. The zero-order valence-corrected chi connectivity index (χ0v) is 3.14. The SMILES string of the molecule is O=C(O)C1=C(F)O1. The fourth-order valence-corrected chi connectivity index (χ4v) is 0.192. The van der Waals surface area contributed by atoms with Crippen molar-refractivity contribution in [2.75, 3.05) is 0 Å². The van der Waals surface area contributed by atoms with Gasteiger partial charge < -0.3 is 9.84 Å². The molecule has 1 N–H and O–H groups in total. The zero-order chi connectivity index (χ0) is 5.44. The van der Waals surface area contributed by atoms with Gasteiger partial charge in [0.15, 0.2) is 0 Å². The molecule has 0 fully saturated rings. The number of carboxylic acids is 1. The van der Waals surface area contributed by atoms with Gasteiger partial charge in [-0.3, -0.25) is 0 Å². The maximum Gasteiger partial charge on any atom is 0.378 e. The molecule has 1 aliphatic rings. The van der Waals surface area contributed by atoms with Gasteiger partial charge in [0.1, 0.15) is 0 Å². The summed E-state index contributed by atoms with van der Waals surface area (Å²) in [5.74, 6) is -1.92. The van der Waals surface area contributed by atoms with Gasteiger partial charge in [-0.15, -0.1) is 0 Å². The molecule has 0 bridgehead atoms. The molecule has 1 heterocycles. The van der Waals surface area contributed by atoms with E-state index in [1.54, 1.807) is 0 Å². The van der Waals surface area contributed by atoms with E-state index in [0.717, 1.165) is 0 Å². The Morgan fingerprint density at radius 1 is 1.86 bits per heavy atom.